The highest BCUT2D eigenvalue weighted by Gasteiger charge is 2.06. The molecule has 0 amide bonds. The zero-order valence-corrected chi connectivity index (χ0v) is 14.0. The van der Waals surface area contributed by atoms with E-state index in [9.17, 15) is 4.39 Å². The van der Waals surface area contributed by atoms with Crippen LogP contribution in [0.4, 0.5) is 4.39 Å². The van der Waals surface area contributed by atoms with Gasteiger partial charge in [-0.05, 0) is 75.4 Å². The smallest absolute Gasteiger partial charge is 0.125 e. The third kappa shape index (κ3) is 5.57. The summed E-state index contributed by atoms with van der Waals surface area (Å²) in [6.45, 7) is 1.46. The second kappa shape index (κ2) is 8.53. The van der Waals surface area contributed by atoms with Gasteiger partial charge in [-0.1, -0.05) is 6.07 Å². The second-order valence-corrected chi connectivity index (χ2v) is 5.80. The summed E-state index contributed by atoms with van der Waals surface area (Å²) in [5.74, 6) is 1.19. The molecule has 0 unspecified atom stereocenters. The Balaban J connectivity index is 2.01. The van der Waals surface area contributed by atoms with E-state index in [1.165, 1.54) is 17.7 Å². The topological polar surface area (TPSA) is 21.7 Å². The standard InChI is InChI=1S/C19H24FNO2/c1-21(2)12-4-5-15-6-11-19(22-3)16(13-15)14-23-18-9-7-17(20)8-10-18/h6-11,13H,4-5,12,14H2,1-3H3. The second-order valence-electron chi connectivity index (χ2n) is 5.80. The molecule has 2 aromatic carbocycles. The summed E-state index contributed by atoms with van der Waals surface area (Å²) in [4.78, 5) is 2.18. The summed E-state index contributed by atoms with van der Waals surface area (Å²) in [7, 11) is 5.81. The molecule has 0 aliphatic heterocycles. The molecule has 2 aromatic rings. The van der Waals surface area contributed by atoms with Crippen LogP contribution >= 0.6 is 0 Å². The number of nitrogens with zero attached hydrogens (tertiary/aromatic N) is 1. The van der Waals surface area contributed by atoms with E-state index in [0.29, 0.717) is 12.4 Å². The third-order valence-corrected chi connectivity index (χ3v) is 3.62. The first-order chi connectivity index (χ1) is 11.1. The monoisotopic (exact) mass is 317 g/mol. The molecular weight excluding hydrogens is 293 g/mol. The number of methoxy groups -OCH3 is 1. The summed E-state index contributed by atoms with van der Waals surface area (Å²) in [6.07, 6.45) is 2.13. The van der Waals surface area contributed by atoms with Gasteiger partial charge in [-0.15, -0.1) is 0 Å². The van der Waals surface area contributed by atoms with Crippen LogP contribution in [-0.2, 0) is 13.0 Å². The van der Waals surface area contributed by atoms with Gasteiger partial charge in [0.05, 0.1) is 7.11 Å². The van der Waals surface area contributed by atoms with Crippen LogP contribution in [0.1, 0.15) is 17.5 Å². The minimum absolute atomic E-state index is 0.266. The van der Waals surface area contributed by atoms with Gasteiger partial charge in [0.25, 0.3) is 0 Å². The van der Waals surface area contributed by atoms with Crippen LogP contribution in [0.5, 0.6) is 11.5 Å². The molecule has 0 bridgehead atoms. The number of aryl methyl sites for hydroxylation is 1. The quantitative estimate of drug-likeness (QED) is 0.737. The zero-order chi connectivity index (χ0) is 16.7. The molecule has 2 rings (SSSR count). The highest BCUT2D eigenvalue weighted by Crippen LogP contribution is 2.23. The molecule has 124 valence electrons. The summed E-state index contributed by atoms with van der Waals surface area (Å²) in [6, 6.07) is 12.2. The zero-order valence-electron chi connectivity index (χ0n) is 14.0. The van der Waals surface area contributed by atoms with Crippen LogP contribution in [0.25, 0.3) is 0 Å². The minimum atomic E-state index is -0.266. The Morgan fingerprint density at radius 1 is 1.04 bits per heavy atom. The Hall–Kier alpha value is -2.07. The summed E-state index contributed by atoms with van der Waals surface area (Å²) in [5, 5.41) is 0. The molecule has 0 saturated heterocycles. The van der Waals surface area contributed by atoms with Crippen molar-refractivity contribution in [3.05, 3.63) is 59.4 Å². The van der Waals surface area contributed by atoms with E-state index < -0.39 is 0 Å². The van der Waals surface area contributed by atoms with Crippen molar-refractivity contribution in [3.63, 3.8) is 0 Å². The summed E-state index contributed by atoms with van der Waals surface area (Å²) in [5.41, 5.74) is 2.27. The Bertz CT molecular complexity index is 611. The first-order valence-electron chi connectivity index (χ1n) is 7.77. The Labute approximate surface area is 137 Å². The first kappa shape index (κ1) is 17.3. The van der Waals surface area contributed by atoms with E-state index in [4.69, 9.17) is 9.47 Å². The lowest BCUT2D eigenvalue weighted by molar-refractivity contribution is 0.296. The molecule has 0 N–H and O–H groups in total. The Morgan fingerprint density at radius 2 is 1.78 bits per heavy atom. The number of hydrogen-bond donors (Lipinski definition) is 0. The van der Waals surface area contributed by atoms with Crippen molar-refractivity contribution in [3.8, 4) is 11.5 Å². The van der Waals surface area contributed by atoms with Crippen molar-refractivity contribution in [2.45, 2.75) is 19.4 Å². The first-order valence-corrected chi connectivity index (χ1v) is 7.77. The molecule has 4 heteroatoms. The highest BCUT2D eigenvalue weighted by molar-refractivity contribution is 5.37. The molecule has 0 radical (unpaired) electrons. The molecule has 0 aliphatic carbocycles. The fourth-order valence-electron chi connectivity index (χ4n) is 2.39. The predicted molar refractivity (Wildman–Crippen MR) is 90.6 cm³/mol. The lowest BCUT2D eigenvalue weighted by atomic mass is 10.1. The molecule has 0 aromatic heterocycles. The average Bonchev–Trinajstić information content (AvgIpc) is 2.54. The van der Waals surface area contributed by atoms with Crippen molar-refractivity contribution in [2.24, 2.45) is 0 Å². The average molecular weight is 317 g/mol. The van der Waals surface area contributed by atoms with E-state index in [1.807, 2.05) is 6.07 Å². The number of rotatable bonds is 8. The number of hydrogen-bond acceptors (Lipinski definition) is 3. The van der Waals surface area contributed by atoms with Gasteiger partial charge in [-0.2, -0.15) is 0 Å². The van der Waals surface area contributed by atoms with Crippen LogP contribution in [0.15, 0.2) is 42.5 Å². The third-order valence-electron chi connectivity index (χ3n) is 3.62. The van der Waals surface area contributed by atoms with Gasteiger partial charge >= 0.3 is 0 Å². The lowest BCUT2D eigenvalue weighted by Crippen LogP contribution is -2.13. The van der Waals surface area contributed by atoms with Gasteiger partial charge in [0, 0.05) is 5.56 Å². The van der Waals surface area contributed by atoms with Crippen molar-refractivity contribution < 1.29 is 13.9 Å². The molecule has 0 spiro atoms. The highest BCUT2D eigenvalue weighted by atomic mass is 19.1. The van der Waals surface area contributed by atoms with E-state index in [-0.39, 0.29) is 5.82 Å². The van der Waals surface area contributed by atoms with Crippen molar-refractivity contribution in [2.75, 3.05) is 27.7 Å². The number of benzene rings is 2. The van der Waals surface area contributed by atoms with Crippen LogP contribution in [-0.4, -0.2) is 32.6 Å². The van der Waals surface area contributed by atoms with Gasteiger partial charge in [0.2, 0.25) is 0 Å². The van der Waals surface area contributed by atoms with E-state index in [0.717, 1.165) is 30.7 Å². The fourth-order valence-corrected chi connectivity index (χ4v) is 2.39. The molecule has 0 atom stereocenters. The molecular formula is C19H24FNO2. The van der Waals surface area contributed by atoms with Crippen LogP contribution in [0, 0.1) is 5.82 Å². The van der Waals surface area contributed by atoms with Crippen molar-refractivity contribution in [1.29, 1.82) is 0 Å². The van der Waals surface area contributed by atoms with Gasteiger partial charge in [-0.3, -0.25) is 0 Å². The molecule has 0 aliphatic rings. The largest absolute Gasteiger partial charge is 0.496 e. The van der Waals surface area contributed by atoms with E-state index in [1.54, 1.807) is 19.2 Å². The number of ether oxygens (including phenoxy) is 2. The molecule has 0 fully saturated rings. The van der Waals surface area contributed by atoms with Crippen molar-refractivity contribution >= 4 is 0 Å². The van der Waals surface area contributed by atoms with E-state index in [2.05, 4.69) is 31.1 Å². The summed E-state index contributed by atoms with van der Waals surface area (Å²) < 4.78 is 24.1. The van der Waals surface area contributed by atoms with Crippen LogP contribution in [0.3, 0.4) is 0 Å². The van der Waals surface area contributed by atoms with Crippen LogP contribution in [0.2, 0.25) is 0 Å². The summed E-state index contributed by atoms with van der Waals surface area (Å²) >= 11 is 0. The van der Waals surface area contributed by atoms with Gasteiger partial charge in [-0.25, -0.2) is 4.39 Å². The molecule has 0 heterocycles. The maximum atomic E-state index is 12.9. The fraction of sp³-hybridized carbons (Fsp3) is 0.368. The minimum Gasteiger partial charge on any atom is -0.496 e. The molecule has 3 nitrogen and oxygen atoms in total. The van der Waals surface area contributed by atoms with E-state index >= 15 is 0 Å². The lowest BCUT2D eigenvalue weighted by Gasteiger charge is -2.13. The SMILES string of the molecule is COc1ccc(CCCN(C)C)cc1COc1ccc(F)cc1. The normalized spacial score (nSPS) is 10.8. The maximum absolute atomic E-state index is 12.9. The molecule has 23 heavy (non-hydrogen) atoms. The van der Waals surface area contributed by atoms with Gasteiger partial charge in [0.1, 0.15) is 23.9 Å². The van der Waals surface area contributed by atoms with Gasteiger partial charge < -0.3 is 14.4 Å². The Morgan fingerprint density at radius 3 is 2.43 bits per heavy atom. The Kier molecular flexibility index (Phi) is 6.41. The maximum Gasteiger partial charge on any atom is 0.125 e. The van der Waals surface area contributed by atoms with Crippen molar-refractivity contribution in [1.82, 2.24) is 4.90 Å². The number of halogens is 1. The molecule has 0 saturated carbocycles. The van der Waals surface area contributed by atoms with Gasteiger partial charge in [0.15, 0.2) is 0 Å². The predicted octanol–water partition coefficient (Wildman–Crippen LogP) is 3.91. The van der Waals surface area contributed by atoms with Crippen LogP contribution < -0.4 is 9.47 Å².